The Labute approximate surface area is 175 Å². The summed E-state index contributed by atoms with van der Waals surface area (Å²) in [5.74, 6) is 0.108. The maximum atomic E-state index is 13.2. The molecule has 0 saturated heterocycles. The summed E-state index contributed by atoms with van der Waals surface area (Å²) in [6, 6.07) is 12.6. The molecule has 4 rings (SSSR count). The van der Waals surface area contributed by atoms with Gasteiger partial charge in [-0.3, -0.25) is 4.79 Å². The van der Waals surface area contributed by atoms with Gasteiger partial charge in [-0.05, 0) is 36.3 Å². The summed E-state index contributed by atoms with van der Waals surface area (Å²) in [7, 11) is -2.24. The number of aromatic amines is 1. The van der Waals surface area contributed by atoms with Gasteiger partial charge in [0.15, 0.2) is 0 Å². The van der Waals surface area contributed by atoms with Gasteiger partial charge in [-0.2, -0.15) is 4.31 Å². The van der Waals surface area contributed by atoms with Gasteiger partial charge in [0, 0.05) is 42.7 Å². The highest BCUT2D eigenvalue weighted by Gasteiger charge is 2.28. The number of fused-ring (bicyclic) bond motifs is 1. The fourth-order valence-electron chi connectivity index (χ4n) is 3.73. The second-order valence-electron chi connectivity index (χ2n) is 7.13. The van der Waals surface area contributed by atoms with Crippen LogP contribution in [-0.2, 0) is 14.8 Å². The molecule has 156 valence electrons. The van der Waals surface area contributed by atoms with Crippen molar-refractivity contribution >= 4 is 38.1 Å². The lowest BCUT2D eigenvalue weighted by Crippen LogP contribution is -2.34. The molecule has 0 aliphatic carbocycles. The molecule has 8 heteroatoms. The minimum absolute atomic E-state index is 0.121. The predicted octanol–water partition coefficient (Wildman–Crippen LogP) is 3.61. The molecule has 2 N–H and O–H groups in total. The smallest absolute Gasteiger partial charge is 0.243 e. The first kappa shape index (κ1) is 20.2. The number of methoxy groups -OCH3 is 1. The van der Waals surface area contributed by atoms with Crippen LogP contribution >= 0.6 is 0 Å². The highest BCUT2D eigenvalue weighted by atomic mass is 32.2. The SMILES string of the molecule is COc1ccc(S(=O)(=O)N2CC=C(c3c[nH]c4ccccc34)CC2)cc1NC(C)=O. The van der Waals surface area contributed by atoms with E-state index in [0.717, 1.165) is 22.0 Å². The van der Waals surface area contributed by atoms with Crippen molar-refractivity contribution in [2.45, 2.75) is 18.2 Å². The highest BCUT2D eigenvalue weighted by molar-refractivity contribution is 7.89. The standard InChI is InChI=1S/C22H23N3O4S/c1-15(26)24-21-13-17(7-8-22(21)29-2)30(27,28)25-11-9-16(10-12-25)19-14-23-20-6-4-3-5-18(19)20/h3-9,13-14,23H,10-12H2,1-2H3,(H,24,26). The van der Waals surface area contributed by atoms with Crippen LogP contribution in [0.1, 0.15) is 18.9 Å². The van der Waals surface area contributed by atoms with Gasteiger partial charge in [0.2, 0.25) is 15.9 Å². The number of H-pyrrole nitrogens is 1. The van der Waals surface area contributed by atoms with Crippen LogP contribution in [0.15, 0.2) is 59.6 Å². The average molecular weight is 426 g/mol. The van der Waals surface area contributed by atoms with Crippen molar-refractivity contribution in [2.24, 2.45) is 0 Å². The molecule has 3 aromatic rings. The maximum absolute atomic E-state index is 13.2. The van der Waals surface area contributed by atoms with Gasteiger partial charge in [-0.25, -0.2) is 8.42 Å². The quantitative estimate of drug-likeness (QED) is 0.653. The Balaban J connectivity index is 1.60. The average Bonchev–Trinajstić information content (AvgIpc) is 3.17. The van der Waals surface area contributed by atoms with Crippen LogP contribution in [-0.4, -0.2) is 43.8 Å². The predicted molar refractivity (Wildman–Crippen MR) is 117 cm³/mol. The number of nitrogens with zero attached hydrogens (tertiary/aromatic N) is 1. The number of carbonyl (C=O) groups is 1. The van der Waals surface area contributed by atoms with Gasteiger partial charge < -0.3 is 15.0 Å². The van der Waals surface area contributed by atoms with Crippen molar-refractivity contribution in [3.8, 4) is 5.75 Å². The van der Waals surface area contributed by atoms with Crippen LogP contribution < -0.4 is 10.1 Å². The number of sulfonamides is 1. The van der Waals surface area contributed by atoms with E-state index < -0.39 is 10.0 Å². The van der Waals surface area contributed by atoms with Crippen LogP contribution in [0, 0.1) is 0 Å². The Morgan fingerprint density at radius 3 is 2.70 bits per heavy atom. The van der Waals surface area contributed by atoms with Crippen LogP contribution in [0.2, 0.25) is 0 Å². The number of hydrogen-bond donors (Lipinski definition) is 2. The second kappa shape index (κ2) is 7.97. The van der Waals surface area contributed by atoms with E-state index in [9.17, 15) is 13.2 Å². The van der Waals surface area contributed by atoms with Gasteiger partial charge in [0.05, 0.1) is 17.7 Å². The van der Waals surface area contributed by atoms with Crippen molar-refractivity contribution < 1.29 is 17.9 Å². The maximum Gasteiger partial charge on any atom is 0.243 e. The zero-order valence-electron chi connectivity index (χ0n) is 16.8. The molecule has 30 heavy (non-hydrogen) atoms. The molecule has 1 aliphatic heterocycles. The lowest BCUT2D eigenvalue weighted by molar-refractivity contribution is -0.114. The number of para-hydroxylation sites is 1. The molecule has 0 fully saturated rings. The number of nitrogens with one attached hydrogen (secondary N) is 2. The number of hydrogen-bond acceptors (Lipinski definition) is 4. The van der Waals surface area contributed by atoms with Crippen molar-refractivity contribution in [1.82, 2.24) is 9.29 Å². The number of rotatable bonds is 5. The van der Waals surface area contributed by atoms with E-state index in [2.05, 4.69) is 16.4 Å². The normalized spacial score (nSPS) is 15.1. The van der Waals surface area contributed by atoms with Gasteiger partial charge in [0.1, 0.15) is 5.75 Å². The molecule has 0 unspecified atom stereocenters. The summed E-state index contributed by atoms with van der Waals surface area (Å²) in [4.78, 5) is 14.8. The Hall–Kier alpha value is -3.10. The van der Waals surface area contributed by atoms with Gasteiger partial charge in [0.25, 0.3) is 0 Å². The van der Waals surface area contributed by atoms with Gasteiger partial charge in [-0.15, -0.1) is 0 Å². The monoisotopic (exact) mass is 425 g/mol. The van der Waals surface area contributed by atoms with E-state index in [1.807, 2.05) is 30.5 Å². The minimum Gasteiger partial charge on any atom is -0.495 e. The van der Waals surface area contributed by atoms with Crippen molar-refractivity contribution in [3.05, 3.63) is 60.3 Å². The summed E-state index contributed by atoms with van der Waals surface area (Å²) in [6.07, 6.45) is 4.56. The highest BCUT2D eigenvalue weighted by Crippen LogP contribution is 2.32. The molecular weight excluding hydrogens is 402 g/mol. The molecule has 0 radical (unpaired) electrons. The van der Waals surface area contributed by atoms with Crippen molar-refractivity contribution in [3.63, 3.8) is 0 Å². The Bertz CT molecular complexity index is 1240. The molecule has 0 bridgehead atoms. The van der Waals surface area contributed by atoms with Crippen LogP contribution in [0.5, 0.6) is 5.75 Å². The lowest BCUT2D eigenvalue weighted by Gasteiger charge is -2.26. The minimum atomic E-state index is -3.71. The molecule has 7 nitrogen and oxygen atoms in total. The van der Waals surface area contributed by atoms with Crippen LogP contribution in [0.25, 0.3) is 16.5 Å². The number of amides is 1. The summed E-state index contributed by atoms with van der Waals surface area (Å²) in [5, 5.41) is 3.75. The molecule has 0 saturated carbocycles. The zero-order valence-corrected chi connectivity index (χ0v) is 17.6. The lowest BCUT2D eigenvalue weighted by atomic mass is 10.00. The molecule has 1 aromatic heterocycles. The molecule has 0 spiro atoms. The van der Waals surface area contributed by atoms with Crippen molar-refractivity contribution in [2.75, 3.05) is 25.5 Å². The van der Waals surface area contributed by atoms with Gasteiger partial charge >= 0.3 is 0 Å². The van der Waals surface area contributed by atoms with Gasteiger partial charge in [-0.1, -0.05) is 24.3 Å². The number of benzene rings is 2. The third-order valence-corrected chi connectivity index (χ3v) is 7.09. The third kappa shape index (κ3) is 3.71. The van der Waals surface area contributed by atoms with E-state index >= 15 is 0 Å². The Morgan fingerprint density at radius 1 is 1.20 bits per heavy atom. The summed E-state index contributed by atoms with van der Waals surface area (Å²) >= 11 is 0. The Morgan fingerprint density at radius 2 is 2.00 bits per heavy atom. The molecule has 2 heterocycles. The first-order valence-corrected chi connectivity index (χ1v) is 11.1. The molecular formula is C22H23N3O4S. The molecule has 0 atom stereocenters. The van der Waals surface area contributed by atoms with Crippen LogP contribution in [0.3, 0.4) is 0 Å². The second-order valence-corrected chi connectivity index (χ2v) is 9.07. The first-order chi connectivity index (χ1) is 14.4. The number of carbonyl (C=O) groups excluding carboxylic acids is 1. The molecule has 1 aliphatic rings. The van der Waals surface area contributed by atoms with E-state index in [0.29, 0.717) is 30.9 Å². The topological polar surface area (TPSA) is 91.5 Å². The zero-order chi connectivity index (χ0) is 21.3. The van der Waals surface area contributed by atoms with Crippen molar-refractivity contribution in [1.29, 1.82) is 0 Å². The summed E-state index contributed by atoms with van der Waals surface area (Å²) < 4.78 is 33.0. The van der Waals surface area contributed by atoms with E-state index in [1.165, 1.54) is 30.5 Å². The van der Waals surface area contributed by atoms with E-state index in [1.54, 1.807) is 6.07 Å². The first-order valence-electron chi connectivity index (χ1n) is 9.61. The summed E-state index contributed by atoms with van der Waals surface area (Å²) in [5.41, 5.74) is 3.64. The fourth-order valence-corrected chi connectivity index (χ4v) is 5.14. The fraction of sp³-hybridized carbons (Fsp3) is 0.227. The number of ether oxygens (including phenoxy) is 1. The number of anilines is 1. The third-order valence-electron chi connectivity index (χ3n) is 5.23. The molecule has 2 aromatic carbocycles. The number of aromatic nitrogens is 1. The largest absolute Gasteiger partial charge is 0.495 e. The molecule has 1 amide bonds. The Kier molecular flexibility index (Phi) is 5.36. The van der Waals surface area contributed by atoms with E-state index in [-0.39, 0.29) is 10.8 Å². The van der Waals surface area contributed by atoms with E-state index in [4.69, 9.17) is 4.74 Å². The van der Waals surface area contributed by atoms with Crippen LogP contribution in [0.4, 0.5) is 5.69 Å². The summed E-state index contributed by atoms with van der Waals surface area (Å²) in [6.45, 7) is 2.04.